The van der Waals surface area contributed by atoms with Gasteiger partial charge in [0.1, 0.15) is 78.3 Å². The van der Waals surface area contributed by atoms with E-state index in [9.17, 15) is 77.6 Å². The third-order valence-electron chi connectivity index (χ3n) is 18.7. The number of aliphatic carboxylic acids is 1. The first-order valence-electron chi connectivity index (χ1n) is 38.0. The lowest BCUT2D eigenvalue weighted by Crippen LogP contribution is -2.62. The van der Waals surface area contributed by atoms with E-state index < -0.39 is 179 Å². The lowest BCUT2D eigenvalue weighted by atomic mass is 9.98. The number of aliphatic hydroxyl groups excluding tert-OH is 1. The van der Waals surface area contributed by atoms with E-state index in [2.05, 4.69) is 58.5 Å². The first-order chi connectivity index (χ1) is 51.1. The molecule has 14 atom stereocenters. The molecule has 108 heavy (non-hydrogen) atoms. The van der Waals surface area contributed by atoms with Crippen LogP contribution in [-0.4, -0.2) is 214 Å². The molecule has 0 aliphatic carbocycles. The molecule has 2 aromatic rings. The second-order valence-corrected chi connectivity index (χ2v) is 29.5. The lowest BCUT2D eigenvalue weighted by molar-refractivity contribution is -0.143. The van der Waals surface area contributed by atoms with Gasteiger partial charge >= 0.3 is 5.97 Å². The van der Waals surface area contributed by atoms with Crippen LogP contribution in [0.15, 0.2) is 54.6 Å². The molecular formula is C75H125N17O16. The van der Waals surface area contributed by atoms with Crippen LogP contribution < -0.4 is 87.2 Å². The van der Waals surface area contributed by atoms with Crippen molar-refractivity contribution < 1.29 is 77.6 Å². The minimum atomic E-state index is -1.76. The van der Waals surface area contributed by atoms with Crippen LogP contribution in [0, 0.1) is 23.7 Å². The number of phenolic OH excluding ortho intramolecular Hbond substituents is 1. The maximum Gasteiger partial charge on any atom is 0.326 e. The molecule has 33 nitrogen and oxygen atoms in total. The maximum absolute atomic E-state index is 14.7. The zero-order chi connectivity index (χ0) is 80.9. The first-order valence-corrected chi connectivity index (χ1v) is 38.0. The molecule has 2 aromatic carbocycles. The highest BCUT2D eigenvalue weighted by Crippen LogP contribution is 2.21. The molecule has 1 aliphatic heterocycles. The molecular weight excluding hydrogens is 1390 g/mol. The van der Waals surface area contributed by atoms with E-state index >= 15 is 0 Å². The number of nitrogens with one attached hydrogen (secondary N) is 11. The van der Waals surface area contributed by atoms with Crippen LogP contribution in [0.3, 0.4) is 0 Å². The number of aromatic hydroxyl groups is 1. The molecule has 1 saturated heterocycles. The zero-order valence-electron chi connectivity index (χ0n) is 64.6. The van der Waals surface area contributed by atoms with Crippen molar-refractivity contribution >= 4 is 76.9 Å². The van der Waals surface area contributed by atoms with Crippen LogP contribution in [-0.2, 0) is 75.2 Å². The van der Waals surface area contributed by atoms with E-state index in [4.69, 9.17) is 28.7 Å². The fraction of sp³-hybridized carbons (Fsp3) is 0.667. The Morgan fingerprint density at radius 3 is 1.24 bits per heavy atom. The average Bonchev–Trinajstić information content (AvgIpc) is 1.57. The molecule has 1 aliphatic rings. The number of carbonyl (C=O) groups excluding carboxylic acids is 12. The lowest BCUT2D eigenvalue weighted by Gasteiger charge is -2.31. The van der Waals surface area contributed by atoms with Crippen LogP contribution in [0.25, 0.3) is 0 Å². The number of nitrogens with zero attached hydrogens (tertiary/aromatic N) is 1. The Morgan fingerprint density at radius 1 is 0.426 bits per heavy atom. The van der Waals surface area contributed by atoms with Crippen LogP contribution in [0.4, 0.5) is 0 Å². The van der Waals surface area contributed by atoms with E-state index in [1.54, 1.807) is 85.7 Å². The molecule has 1 fully saturated rings. The number of carbonyl (C=O) groups is 13. The van der Waals surface area contributed by atoms with E-state index in [0.29, 0.717) is 95.0 Å². The molecule has 1 heterocycles. The van der Waals surface area contributed by atoms with Gasteiger partial charge in [0.15, 0.2) is 0 Å². The Kier molecular flexibility index (Phi) is 41.9. The van der Waals surface area contributed by atoms with Gasteiger partial charge in [-0.15, -0.1) is 0 Å². The summed E-state index contributed by atoms with van der Waals surface area (Å²) in [7, 11) is 0. The number of benzene rings is 2. The average molecular weight is 1520 g/mol. The summed E-state index contributed by atoms with van der Waals surface area (Å²) in [6.07, 6.45) is 3.19. The third-order valence-corrected chi connectivity index (χ3v) is 18.7. The number of phenols is 1. The number of carboxylic acids is 1. The number of nitrogens with two attached hydrogens (primary N) is 5. The Balaban J connectivity index is 1.85. The Hall–Kier alpha value is -8.89. The normalized spacial score (nSPS) is 16.5. The number of unbranched alkanes of at least 4 members (excludes halogenated alkanes) is 4. The van der Waals surface area contributed by atoms with Gasteiger partial charge in [-0.2, -0.15) is 0 Å². The number of amides is 12. The highest BCUT2D eigenvalue weighted by Gasteiger charge is 2.42. The van der Waals surface area contributed by atoms with E-state index in [-0.39, 0.29) is 69.7 Å². The molecule has 606 valence electrons. The minimum Gasteiger partial charge on any atom is -0.508 e. The largest absolute Gasteiger partial charge is 0.508 e. The second-order valence-electron chi connectivity index (χ2n) is 29.5. The smallest absolute Gasteiger partial charge is 0.326 e. The molecule has 12 amide bonds. The molecule has 0 unspecified atom stereocenters. The summed E-state index contributed by atoms with van der Waals surface area (Å²) in [5.41, 5.74) is 30.2. The summed E-state index contributed by atoms with van der Waals surface area (Å²) >= 11 is 0. The van der Waals surface area contributed by atoms with E-state index in [0.717, 1.165) is 0 Å². The fourth-order valence-corrected chi connectivity index (χ4v) is 12.3. The minimum absolute atomic E-state index is 0.0260. The van der Waals surface area contributed by atoms with Gasteiger partial charge in [-0.1, -0.05) is 104 Å². The molecule has 0 spiro atoms. The van der Waals surface area contributed by atoms with Crippen molar-refractivity contribution in [2.45, 2.75) is 263 Å². The van der Waals surface area contributed by atoms with Crippen LogP contribution in [0.5, 0.6) is 5.75 Å². The standard InChI is InChI=1S/C75H125N17O16/c1-42(2)39-55(69(101)90-61(45(7)8)75(107)108)85-67(99)56(40-48-23-12-11-13-24-48)86-68(100)57(41-49-30-32-50(94)33-31-49)87-73(105)62(47(10)93)91-70(102)58-29-22-38-92(58)74(106)46(9)81-71(103)59(43(3)4)89-72(104)60(44(5)6)88-66(98)54(28-17-21-37-79)84-65(97)53(27-16-20-36-78)83-64(96)52(26-15-19-35-77)82-63(95)51(80)25-14-18-34-76/h11-13,23-24,30-33,42-47,51-62,93-94H,14-22,25-29,34-41,76-80H2,1-10H3,(H,81,103)(H,82,95)(H,83,96)(H,84,97)(H,85,99)(H,86,100)(H,87,105)(H,88,98)(H,89,104)(H,90,101)(H,91,102)(H,107,108)/t46-,47+,51-,52-,53-,54-,55-,56-,57-,58-,59-,60-,61-,62-/m0/s1. The number of likely N-dealkylation sites (tertiary alicyclic amines) is 1. The molecule has 0 bridgehead atoms. The van der Waals surface area contributed by atoms with Gasteiger partial charge < -0.3 is 107 Å². The highest BCUT2D eigenvalue weighted by atomic mass is 16.4. The van der Waals surface area contributed by atoms with Crippen molar-refractivity contribution in [3.05, 3.63) is 65.7 Å². The number of hydrogen-bond acceptors (Lipinski definition) is 20. The van der Waals surface area contributed by atoms with Crippen LogP contribution in [0.1, 0.15) is 177 Å². The quantitative estimate of drug-likeness (QED) is 0.0348. The van der Waals surface area contributed by atoms with Crippen LogP contribution >= 0.6 is 0 Å². The van der Waals surface area contributed by atoms with Gasteiger partial charge in [-0.3, -0.25) is 57.5 Å². The van der Waals surface area contributed by atoms with Crippen molar-refractivity contribution in [3.63, 3.8) is 0 Å². The topological polar surface area (TPSA) is 548 Å². The van der Waals surface area contributed by atoms with Crippen molar-refractivity contribution in [3.8, 4) is 5.75 Å². The summed E-state index contributed by atoms with van der Waals surface area (Å²) < 4.78 is 0. The van der Waals surface area contributed by atoms with Gasteiger partial charge in [0.05, 0.1) is 12.1 Å². The van der Waals surface area contributed by atoms with Crippen molar-refractivity contribution in [2.75, 3.05) is 32.7 Å². The van der Waals surface area contributed by atoms with Gasteiger partial charge in [0.2, 0.25) is 70.9 Å². The Bertz CT molecular complexity index is 3220. The summed E-state index contributed by atoms with van der Waals surface area (Å²) in [6, 6.07) is -2.60. The van der Waals surface area contributed by atoms with Crippen LogP contribution in [0.2, 0.25) is 0 Å². The highest BCUT2D eigenvalue weighted by molar-refractivity contribution is 6.00. The molecule has 0 saturated carbocycles. The van der Waals surface area contributed by atoms with Crippen molar-refractivity contribution in [2.24, 2.45) is 52.3 Å². The number of rotatable bonds is 50. The van der Waals surface area contributed by atoms with E-state index in [1.807, 2.05) is 0 Å². The summed E-state index contributed by atoms with van der Waals surface area (Å²) in [5.74, 6) is -12.7. The number of carboxylic acid groups (broad SMARTS) is 1. The monoisotopic (exact) mass is 1520 g/mol. The van der Waals surface area contributed by atoms with Crippen molar-refractivity contribution in [1.82, 2.24) is 63.4 Å². The predicted molar refractivity (Wildman–Crippen MR) is 406 cm³/mol. The van der Waals surface area contributed by atoms with Gasteiger partial charge in [0.25, 0.3) is 0 Å². The molecule has 33 heteroatoms. The second kappa shape index (κ2) is 48.5. The zero-order valence-corrected chi connectivity index (χ0v) is 64.6. The Labute approximate surface area is 634 Å². The molecule has 3 rings (SSSR count). The SMILES string of the molecule is CC(C)C[C@H](NC(=O)[C@H](Cc1ccccc1)NC(=O)[C@H](Cc1ccc(O)cc1)NC(=O)[C@@H](NC(=O)[C@@H]1CCCN1C(=O)[C@H](C)NC(=O)[C@@H](NC(=O)[C@@H](NC(=O)[C@H](CCCCN)NC(=O)[C@H](CCCCN)NC(=O)[C@H](CCCCN)NC(=O)[C@@H](N)CCCCN)C(C)C)C(C)C)[C@@H](C)O)C(=O)N[C@H](C(=O)O)C(C)C. The third kappa shape index (κ3) is 32.1. The molecule has 0 aromatic heterocycles. The van der Waals surface area contributed by atoms with Crippen molar-refractivity contribution in [1.29, 1.82) is 0 Å². The summed E-state index contributed by atoms with van der Waals surface area (Å²) in [6.45, 7) is 17.4. The van der Waals surface area contributed by atoms with Gasteiger partial charge in [-0.25, -0.2) is 4.79 Å². The van der Waals surface area contributed by atoms with E-state index in [1.165, 1.54) is 43.0 Å². The first kappa shape index (κ1) is 93.3. The Morgan fingerprint density at radius 2 is 0.796 bits per heavy atom. The number of hydrogen-bond donors (Lipinski definition) is 19. The molecule has 24 N–H and O–H groups in total. The fourth-order valence-electron chi connectivity index (χ4n) is 12.3. The number of aliphatic hydroxyl groups is 1. The summed E-state index contributed by atoms with van der Waals surface area (Å²) in [4.78, 5) is 184. The predicted octanol–water partition coefficient (Wildman–Crippen LogP) is -1.16. The molecule has 0 radical (unpaired) electrons. The summed E-state index contributed by atoms with van der Waals surface area (Å²) in [5, 5.41) is 60.6. The van der Waals surface area contributed by atoms with Gasteiger partial charge in [0, 0.05) is 19.4 Å². The van der Waals surface area contributed by atoms with Gasteiger partial charge in [-0.05, 0) is 177 Å². The maximum atomic E-state index is 14.7.